The van der Waals surface area contributed by atoms with Crippen LogP contribution in [0.4, 0.5) is 11.4 Å². The number of nitrogens with one attached hydrogen (secondary N) is 1. The zero-order chi connectivity index (χ0) is 32.7. The molecule has 2 aromatic carbocycles. The van der Waals surface area contributed by atoms with Crippen LogP contribution in [-0.2, 0) is 20.2 Å². The SMILES string of the molecule is CCCCC[N+]1=C(C=CC2=C(NC)C(=CC=C3N(CCCCSOO[O-])c4ccccc4C3(C)C)CC2)C(C)(C)c2ccccc21. The first-order valence-corrected chi connectivity index (χ1v) is 17.9. The summed E-state index contributed by atoms with van der Waals surface area (Å²) in [5.74, 6) is 0.718. The maximum atomic E-state index is 10.1. The second-order valence-electron chi connectivity index (χ2n) is 13.6. The van der Waals surface area contributed by atoms with Gasteiger partial charge in [0, 0.05) is 78.0 Å². The summed E-state index contributed by atoms with van der Waals surface area (Å²) in [6.07, 6.45) is 17.1. The molecule has 2 aliphatic heterocycles. The number of benzene rings is 2. The Morgan fingerprint density at radius 1 is 0.913 bits per heavy atom. The van der Waals surface area contributed by atoms with Gasteiger partial charge in [-0.05, 0) is 74.8 Å². The normalized spacial score (nSPS) is 20.1. The lowest BCUT2D eigenvalue weighted by Crippen LogP contribution is -2.28. The number of nitrogens with zero attached hydrogens (tertiary/aromatic N) is 2. The third-order valence-corrected chi connectivity index (χ3v) is 10.6. The second kappa shape index (κ2) is 15.2. The van der Waals surface area contributed by atoms with E-state index in [9.17, 15) is 5.26 Å². The monoisotopic (exact) mass is 641 g/mol. The maximum Gasteiger partial charge on any atom is 0.209 e. The van der Waals surface area contributed by atoms with E-state index in [-0.39, 0.29) is 10.8 Å². The molecule has 0 radical (unpaired) electrons. The minimum atomic E-state index is -0.103. The first-order chi connectivity index (χ1) is 22.2. The summed E-state index contributed by atoms with van der Waals surface area (Å²) in [4.78, 5) is 2.48. The Balaban J connectivity index is 1.42. The molecule has 7 heteroatoms. The minimum Gasteiger partial charge on any atom is -0.691 e. The number of unbranched alkanes of at least 4 members (excludes halogenated alkanes) is 3. The van der Waals surface area contributed by atoms with Crippen molar-refractivity contribution in [2.45, 2.75) is 90.4 Å². The van der Waals surface area contributed by atoms with E-state index in [4.69, 9.17) is 0 Å². The highest BCUT2D eigenvalue weighted by Gasteiger charge is 2.44. The number of hydrogen-bond donors (Lipinski definition) is 1. The van der Waals surface area contributed by atoms with Crippen LogP contribution in [-0.4, -0.2) is 36.2 Å². The van der Waals surface area contributed by atoms with E-state index in [1.807, 2.05) is 0 Å². The van der Waals surface area contributed by atoms with Crippen LogP contribution < -0.4 is 15.5 Å². The lowest BCUT2D eigenvalue weighted by atomic mass is 9.81. The first kappa shape index (κ1) is 34.2. The Morgan fingerprint density at radius 3 is 2.43 bits per heavy atom. The number of para-hydroxylation sites is 2. The fourth-order valence-electron chi connectivity index (χ4n) is 7.51. The molecule has 246 valence electrons. The van der Waals surface area contributed by atoms with Crippen molar-refractivity contribution in [2.75, 3.05) is 30.8 Å². The lowest BCUT2D eigenvalue weighted by molar-refractivity contribution is -0.777. The van der Waals surface area contributed by atoms with Gasteiger partial charge in [0.25, 0.3) is 0 Å². The summed E-state index contributed by atoms with van der Waals surface area (Å²) in [5, 5.41) is 17.1. The van der Waals surface area contributed by atoms with Crippen LogP contribution in [0, 0.1) is 0 Å². The van der Waals surface area contributed by atoms with Gasteiger partial charge in [0.1, 0.15) is 6.54 Å². The topological polar surface area (TPSA) is 59.8 Å². The largest absolute Gasteiger partial charge is 0.691 e. The van der Waals surface area contributed by atoms with Gasteiger partial charge >= 0.3 is 0 Å². The molecule has 0 aromatic heterocycles. The second-order valence-corrected chi connectivity index (χ2v) is 14.4. The molecule has 46 heavy (non-hydrogen) atoms. The van der Waals surface area contributed by atoms with E-state index in [0.717, 1.165) is 56.6 Å². The summed E-state index contributed by atoms with van der Waals surface area (Å²) in [6, 6.07) is 17.7. The molecule has 1 aliphatic carbocycles. The van der Waals surface area contributed by atoms with Crippen LogP contribution in [0.5, 0.6) is 0 Å². The fourth-order valence-corrected chi connectivity index (χ4v) is 7.94. The molecular weight excluding hydrogens is 591 g/mol. The van der Waals surface area contributed by atoms with Crippen molar-refractivity contribution < 1.29 is 19.2 Å². The Bertz CT molecular complexity index is 1550. The number of rotatable bonds is 15. The zero-order valence-corrected chi connectivity index (χ0v) is 29.3. The van der Waals surface area contributed by atoms with Crippen LogP contribution in [0.3, 0.4) is 0 Å². The Morgan fingerprint density at radius 2 is 1.67 bits per heavy atom. The molecule has 0 saturated carbocycles. The average molecular weight is 642 g/mol. The third-order valence-electron chi connectivity index (χ3n) is 9.96. The summed E-state index contributed by atoms with van der Waals surface area (Å²) in [7, 11) is 2.05. The highest BCUT2D eigenvalue weighted by Crippen LogP contribution is 2.48. The molecule has 0 amide bonds. The van der Waals surface area contributed by atoms with Gasteiger partial charge in [0.2, 0.25) is 5.69 Å². The van der Waals surface area contributed by atoms with Gasteiger partial charge in [-0.15, -0.1) is 0 Å². The lowest BCUT2D eigenvalue weighted by Gasteiger charge is -2.27. The molecule has 3 aliphatic rings. The summed E-state index contributed by atoms with van der Waals surface area (Å²) < 4.78 is 7.01. The third kappa shape index (κ3) is 6.93. The summed E-state index contributed by atoms with van der Waals surface area (Å²) in [6.45, 7) is 13.6. The average Bonchev–Trinajstić information content (AvgIpc) is 3.62. The quantitative estimate of drug-likeness (QED) is 0.0694. The molecule has 2 aromatic rings. The van der Waals surface area contributed by atoms with Gasteiger partial charge in [-0.1, -0.05) is 75.7 Å². The standard InChI is InChI=1S/C39H51N3O3S/c1-7-8-13-26-41-33-18-11-9-16-31(33)38(2,3)35(41)24-22-29-20-21-30(37(29)40-6)23-25-36-39(4,5)32-17-10-12-19-34(32)42(36)27-14-15-28-46-45-44-43/h9-12,16-19,22-25,43H,7-8,13-15,20-21,26-28H2,1-6H3. The van der Waals surface area contributed by atoms with Gasteiger partial charge in [0.15, 0.2) is 5.71 Å². The number of likely N-dealkylation sites (N-methyl/N-ethyl adjacent to an activating group) is 1. The number of anilines is 1. The molecule has 0 atom stereocenters. The maximum absolute atomic E-state index is 10.1. The van der Waals surface area contributed by atoms with Crippen LogP contribution in [0.2, 0.25) is 0 Å². The predicted octanol–water partition coefficient (Wildman–Crippen LogP) is 8.34. The smallest absolute Gasteiger partial charge is 0.209 e. The van der Waals surface area contributed by atoms with Crippen LogP contribution >= 0.6 is 12.0 Å². The number of hydrogen-bond acceptors (Lipinski definition) is 6. The molecule has 1 N–H and O–H groups in total. The molecule has 6 nitrogen and oxygen atoms in total. The van der Waals surface area contributed by atoms with E-state index in [1.165, 1.54) is 70.0 Å². The number of fused-ring (bicyclic) bond motifs is 2. The molecular formula is C39H51N3O3S. The summed E-state index contributed by atoms with van der Waals surface area (Å²) in [5.41, 5.74) is 11.9. The minimum absolute atomic E-state index is 0.0383. The fraction of sp³-hybridized carbons (Fsp3) is 0.462. The molecule has 0 fully saturated rings. The Labute approximate surface area is 280 Å². The van der Waals surface area contributed by atoms with Crippen molar-refractivity contribution in [3.8, 4) is 0 Å². The van der Waals surface area contributed by atoms with Crippen LogP contribution in [0.1, 0.15) is 90.7 Å². The molecule has 5 rings (SSSR count). The van der Waals surface area contributed by atoms with E-state index >= 15 is 0 Å². The van der Waals surface area contributed by atoms with Gasteiger partial charge in [0.05, 0.1) is 5.41 Å². The van der Waals surface area contributed by atoms with Gasteiger partial charge < -0.3 is 15.5 Å². The molecule has 2 heterocycles. The predicted molar refractivity (Wildman–Crippen MR) is 190 cm³/mol. The van der Waals surface area contributed by atoms with Crippen molar-refractivity contribution in [3.05, 3.63) is 107 Å². The van der Waals surface area contributed by atoms with Crippen LogP contribution in [0.25, 0.3) is 0 Å². The number of allylic oxidation sites excluding steroid dienone is 7. The van der Waals surface area contributed by atoms with E-state index in [1.54, 1.807) is 0 Å². The molecule has 0 spiro atoms. The van der Waals surface area contributed by atoms with Crippen molar-refractivity contribution in [1.29, 1.82) is 0 Å². The van der Waals surface area contributed by atoms with E-state index in [0.29, 0.717) is 0 Å². The first-order valence-electron chi connectivity index (χ1n) is 17.0. The summed E-state index contributed by atoms with van der Waals surface area (Å²) >= 11 is 1.07. The van der Waals surface area contributed by atoms with Crippen molar-refractivity contribution in [1.82, 2.24) is 5.32 Å². The molecule has 0 saturated heterocycles. The van der Waals surface area contributed by atoms with Crippen molar-refractivity contribution in [2.24, 2.45) is 0 Å². The molecule has 0 bridgehead atoms. The van der Waals surface area contributed by atoms with Gasteiger partial charge in [-0.2, -0.15) is 8.91 Å². The van der Waals surface area contributed by atoms with Gasteiger partial charge in [-0.3, -0.25) is 5.04 Å². The van der Waals surface area contributed by atoms with Gasteiger partial charge in [-0.25, -0.2) is 0 Å². The Kier molecular flexibility index (Phi) is 11.3. The highest BCUT2D eigenvalue weighted by atomic mass is 32.2. The van der Waals surface area contributed by atoms with Crippen LogP contribution in [0.15, 0.2) is 95.4 Å². The van der Waals surface area contributed by atoms with E-state index < -0.39 is 0 Å². The highest BCUT2D eigenvalue weighted by molar-refractivity contribution is 7.94. The molecule has 0 unspecified atom stereocenters. The van der Waals surface area contributed by atoms with E-state index in [2.05, 4.69) is 139 Å². The van der Waals surface area contributed by atoms with Crippen molar-refractivity contribution in [3.63, 3.8) is 0 Å². The van der Waals surface area contributed by atoms with Crippen molar-refractivity contribution >= 4 is 29.1 Å². The zero-order valence-electron chi connectivity index (χ0n) is 28.5. The Hall–Kier alpha value is -3.10.